The quantitative estimate of drug-likeness (QED) is 0.701. The number of likely N-dealkylation sites (N-methyl/N-ethyl adjacent to an activating group) is 1. The summed E-state index contributed by atoms with van der Waals surface area (Å²) in [6.45, 7) is 14.2. The van der Waals surface area contributed by atoms with Gasteiger partial charge in [-0.1, -0.05) is 6.58 Å². The van der Waals surface area contributed by atoms with E-state index in [1.807, 2.05) is 0 Å². The van der Waals surface area contributed by atoms with Gasteiger partial charge < -0.3 is 9.80 Å². The minimum atomic E-state index is 1.03. The Hall–Kier alpha value is -0.920. The van der Waals surface area contributed by atoms with Crippen molar-refractivity contribution in [2.24, 2.45) is 0 Å². The fraction of sp³-hybridized carbons (Fsp3) is 0.692. The second-order valence-electron chi connectivity index (χ2n) is 4.21. The minimum Gasteiger partial charge on any atom is -0.375 e. The molecule has 0 amide bonds. The van der Waals surface area contributed by atoms with Gasteiger partial charge in [0.1, 0.15) is 0 Å². The molecule has 0 fully saturated rings. The maximum absolute atomic E-state index is 4.21. The molecule has 2 heteroatoms. The van der Waals surface area contributed by atoms with E-state index in [0.717, 1.165) is 13.1 Å². The predicted molar refractivity (Wildman–Crippen MR) is 66.6 cm³/mol. The molecule has 0 saturated carbocycles. The van der Waals surface area contributed by atoms with Crippen LogP contribution in [0.2, 0.25) is 0 Å². The molecule has 0 bridgehead atoms. The van der Waals surface area contributed by atoms with Crippen molar-refractivity contribution in [3.63, 3.8) is 0 Å². The van der Waals surface area contributed by atoms with Crippen LogP contribution in [0.4, 0.5) is 0 Å². The first-order valence-electron chi connectivity index (χ1n) is 5.96. The lowest BCUT2D eigenvalue weighted by atomic mass is 9.99. The molecule has 2 nitrogen and oxygen atoms in total. The summed E-state index contributed by atoms with van der Waals surface area (Å²) in [7, 11) is 2.12. The molecular formula is C13H24N2. The average molecular weight is 208 g/mol. The van der Waals surface area contributed by atoms with Crippen molar-refractivity contribution in [2.75, 3.05) is 26.7 Å². The van der Waals surface area contributed by atoms with Crippen LogP contribution in [0.15, 0.2) is 23.5 Å². The van der Waals surface area contributed by atoms with Crippen LogP contribution in [-0.2, 0) is 0 Å². The molecule has 0 unspecified atom stereocenters. The number of nitrogens with zero attached hydrogens (tertiary/aromatic N) is 2. The summed E-state index contributed by atoms with van der Waals surface area (Å²) in [6, 6.07) is 0. The van der Waals surface area contributed by atoms with E-state index in [9.17, 15) is 0 Å². The average Bonchev–Trinajstić information content (AvgIpc) is 2.27. The Morgan fingerprint density at radius 3 is 2.67 bits per heavy atom. The molecule has 0 aromatic carbocycles. The number of allylic oxidation sites excluding steroid dienone is 2. The number of hydrogen-bond donors (Lipinski definition) is 0. The van der Waals surface area contributed by atoms with Gasteiger partial charge in [-0.2, -0.15) is 0 Å². The Labute approximate surface area is 94.3 Å². The minimum absolute atomic E-state index is 1.03. The van der Waals surface area contributed by atoms with Gasteiger partial charge >= 0.3 is 0 Å². The van der Waals surface area contributed by atoms with Crippen LogP contribution in [0.1, 0.15) is 33.6 Å². The molecule has 1 aliphatic heterocycles. The highest BCUT2D eigenvalue weighted by molar-refractivity contribution is 5.32. The zero-order valence-electron chi connectivity index (χ0n) is 10.6. The largest absolute Gasteiger partial charge is 0.375 e. The zero-order valence-corrected chi connectivity index (χ0v) is 10.6. The molecule has 1 rings (SSSR count). The lowest BCUT2D eigenvalue weighted by molar-refractivity contribution is 0.326. The van der Waals surface area contributed by atoms with Crippen LogP contribution in [0.25, 0.3) is 0 Å². The van der Waals surface area contributed by atoms with E-state index in [1.165, 1.54) is 36.4 Å². The molecular weight excluding hydrogens is 184 g/mol. The van der Waals surface area contributed by atoms with Crippen LogP contribution >= 0.6 is 0 Å². The Kier molecular flexibility index (Phi) is 4.25. The van der Waals surface area contributed by atoms with E-state index in [1.54, 1.807) is 0 Å². The summed E-state index contributed by atoms with van der Waals surface area (Å²) >= 11 is 0. The van der Waals surface area contributed by atoms with Gasteiger partial charge in [0, 0.05) is 38.1 Å². The summed E-state index contributed by atoms with van der Waals surface area (Å²) in [4.78, 5) is 4.69. The Bertz CT molecular complexity index is 266. The lowest BCUT2D eigenvalue weighted by Gasteiger charge is -2.34. The summed E-state index contributed by atoms with van der Waals surface area (Å²) in [5, 5.41) is 0. The maximum atomic E-state index is 4.21. The summed E-state index contributed by atoms with van der Waals surface area (Å²) in [6.07, 6.45) is 2.45. The summed E-state index contributed by atoms with van der Waals surface area (Å²) in [5.41, 5.74) is 4.08. The third-order valence-electron chi connectivity index (χ3n) is 3.43. The molecule has 0 aromatic heterocycles. The maximum Gasteiger partial charge on any atom is 0.0340 e. The molecule has 0 radical (unpaired) electrons. The van der Waals surface area contributed by atoms with Crippen LogP contribution in [-0.4, -0.2) is 36.5 Å². The SMILES string of the molecule is C=C(C1=C(C)N(CC)CCC1)N(C)CC. The first-order valence-corrected chi connectivity index (χ1v) is 5.96. The Balaban J connectivity index is 2.87. The van der Waals surface area contributed by atoms with Gasteiger partial charge in [0.25, 0.3) is 0 Å². The Morgan fingerprint density at radius 2 is 2.13 bits per heavy atom. The van der Waals surface area contributed by atoms with E-state index in [0.29, 0.717) is 0 Å². The van der Waals surface area contributed by atoms with Crippen molar-refractivity contribution in [1.29, 1.82) is 0 Å². The second kappa shape index (κ2) is 5.24. The molecule has 0 atom stereocenters. The topological polar surface area (TPSA) is 6.48 Å². The highest BCUT2D eigenvalue weighted by atomic mass is 15.1. The molecule has 0 aromatic rings. The molecule has 86 valence electrons. The summed E-state index contributed by atoms with van der Waals surface area (Å²) in [5.74, 6) is 0. The lowest BCUT2D eigenvalue weighted by Crippen LogP contribution is -2.30. The van der Waals surface area contributed by atoms with E-state index in [2.05, 4.69) is 44.2 Å². The molecule has 0 saturated heterocycles. The summed E-state index contributed by atoms with van der Waals surface area (Å²) < 4.78 is 0. The van der Waals surface area contributed by atoms with Gasteiger partial charge in [0.2, 0.25) is 0 Å². The molecule has 0 aliphatic carbocycles. The van der Waals surface area contributed by atoms with Gasteiger partial charge in [0.05, 0.1) is 0 Å². The zero-order chi connectivity index (χ0) is 11.4. The van der Waals surface area contributed by atoms with E-state index < -0.39 is 0 Å². The van der Waals surface area contributed by atoms with E-state index in [4.69, 9.17) is 0 Å². The van der Waals surface area contributed by atoms with Crippen molar-refractivity contribution in [3.05, 3.63) is 23.5 Å². The van der Waals surface area contributed by atoms with Crippen molar-refractivity contribution < 1.29 is 0 Å². The number of hydrogen-bond acceptors (Lipinski definition) is 2. The molecule has 15 heavy (non-hydrogen) atoms. The fourth-order valence-electron chi connectivity index (χ4n) is 2.16. The van der Waals surface area contributed by atoms with Crippen molar-refractivity contribution in [2.45, 2.75) is 33.6 Å². The van der Waals surface area contributed by atoms with Crippen molar-refractivity contribution in [1.82, 2.24) is 9.80 Å². The highest BCUT2D eigenvalue weighted by Crippen LogP contribution is 2.27. The van der Waals surface area contributed by atoms with E-state index >= 15 is 0 Å². The smallest absolute Gasteiger partial charge is 0.0340 e. The van der Waals surface area contributed by atoms with Crippen molar-refractivity contribution >= 4 is 0 Å². The van der Waals surface area contributed by atoms with Gasteiger partial charge in [-0.05, 0) is 39.2 Å². The monoisotopic (exact) mass is 208 g/mol. The van der Waals surface area contributed by atoms with Crippen LogP contribution in [0.3, 0.4) is 0 Å². The highest BCUT2D eigenvalue weighted by Gasteiger charge is 2.18. The first-order chi connectivity index (χ1) is 7.11. The van der Waals surface area contributed by atoms with Crippen LogP contribution in [0, 0.1) is 0 Å². The third kappa shape index (κ3) is 2.55. The fourth-order valence-corrected chi connectivity index (χ4v) is 2.16. The molecule has 1 heterocycles. The normalized spacial score (nSPS) is 16.9. The van der Waals surface area contributed by atoms with Gasteiger partial charge in [-0.25, -0.2) is 0 Å². The van der Waals surface area contributed by atoms with Gasteiger partial charge in [0.15, 0.2) is 0 Å². The Morgan fingerprint density at radius 1 is 1.47 bits per heavy atom. The molecule has 0 spiro atoms. The van der Waals surface area contributed by atoms with Gasteiger partial charge in [-0.15, -0.1) is 0 Å². The number of rotatable bonds is 4. The molecule has 1 aliphatic rings. The third-order valence-corrected chi connectivity index (χ3v) is 3.43. The predicted octanol–water partition coefficient (Wildman–Crippen LogP) is 2.84. The van der Waals surface area contributed by atoms with Crippen LogP contribution in [0.5, 0.6) is 0 Å². The molecule has 0 N–H and O–H groups in total. The first kappa shape index (κ1) is 12.2. The van der Waals surface area contributed by atoms with Crippen molar-refractivity contribution in [3.8, 4) is 0 Å². The second-order valence-corrected chi connectivity index (χ2v) is 4.21. The van der Waals surface area contributed by atoms with E-state index in [-0.39, 0.29) is 0 Å². The van der Waals surface area contributed by atoms with Crippen LogP contribution < -0.4 is 0 Å². The van der Waals surface area contributed by atoms with Gasteiger partial charge in [-0.3, -0.25) is 0 Å². The standard InChI is InChI=1S/C13H24N2/c1-6-14(5)11(3)13-9-8-10-15(7-2)12(13)4/h3,6-10H2,1-2,4-5H3.